The molecule has 1 aromatic heterocycles. The average molecular weight is 376 g/mol. The van der Waals surface area contributed by atoms with E-state index in [0.717, 1.165) is 28.3 Å². The fourth-order valence-corrected chi connectivity index (χ4v) is 2.31. The monoisotopic (exact) mass is 375 g/mol. The molecular weight excluding hydrogens is 368 g/mol. The Morgan fingerprint density at radius 3 is 2.24 bits per heavy atom. The van der Waals surface area contributed by atoms with Crippen molar-refractivity contribution in [2.24, 2.45) is 0 Å². The number of anilines is 1. The van der Waals surface area contributed by atoms with Crippen molar-refractivity contribution in [2.75, 3.05) is 11.6 Å². The van der Waals surface area contributed by atoms with Gasteiger partial charge in [0, 0.05) is 28.5 Å². The first-order valence-electron chi connectivity index (χ1n) is 5.56. The van der Waals surface area contributed by atoms with Gasteiger partial charge in [-0.25, -0.2) is 8.91 Å². The molecule has 0 radical (unpaired) electrons. The molecule has 0 fully saturated rings. The molecule has 0 aliphatic carbocycles. The van der Waals surface area contributed by atoms with Crippen LogP contribution in [-0.2, 0) is 6.18 Å². The molecule has 1 aliphatic heterocycles. The molecule has 1 unspecified atom stereocenters. The third-order valence-electron chi connectivity index (χ3n) is 2.74. The van der Waals surface area contributed by atoms with Crippen LogP contribution in [0.4, 0.5) is 32.2 Å². The lowest BCUT2D eigenvalue weighted by Gasteiger charge is -2.34. The van der Waals surface area contributed by atoms with Gasteiger partial charge in [-0.05, 0) is 18.2 Å². The summed E-state index contributed by atoms with van der Waals surface area (Å²) in [7, 11) is 0. The second-order valence-electron chi connectivity index (χ2n) is 4.24. The van der Waals surface area contributed by atoms with Gasteiger partial charge in [0.05, 0.1) is 12.2 Å². The van der Waals surface area contributed by atoms with E-state index in [1.165, 1.54) is 4.90 Å². The lowest BCUT2D eigenvalue weighted by Crippen LogP contribution is -2.46. The number of rotatable bonds is 1. The van der Waals surface area contributed by atoms with Crippen LogP contribution >= 0.6 is 16.1 Å². The van der Waals surface area contributed by atoms with Gasteiger partial charge in [-0.15, -0.1) is 0 Å². The molecule has 0 N–H and O–H groups in total. The predicted octanol–water partition coefficient (Wildman–Crippen LogP) is 3.93. The maximum Gasteiger partial charge on any atom is 0.417 e. The maximum atomic E-state index is 12.6. The molecule has 1 aromatic rings. The van der Waals surface area contributed by atoms with Gasteiger partial charge in [-0.3, -0.25) is 0 Å². The van der Waals surface area contributed by atoms with Crippen molar-refractivity contribution >= 4 is 22.0 Å². The van der Waals surface area contributed by atoms with Crippen molar-refractivity contribution in [2.45, 2.75) is 18.4 Å². The minimum atomic E-state index is -4.51. The minimum absolute atomic E-state index is 0.115. The number of aromatic nitrogens is 1. The predicted molar refractivity (Wildman–Crippen MR) is 66.3 cm³/mol. The first-order chi connectivity index (χ1) is 9.59. The van der Waals surface area contributed by atoms with E-state index in [2.05, 4.69) is 21.1 Å². The van der Waals surface area contributed by atoms with Crippen LogP contribution < -0.4 is 4.90 Å². The molecular formula is C11H8BrF6N3. The highest BCUT2D eigenvalue weighted by Gasteiger charge is 2.43. The summed E-state index contributed by atoms with van der Waals surface area (Å²) in [5.74, 6) is 0.115. The largest absolute Gasteiger partial charge is 0.417 e. The number of nitrogens with zero attached hydrogens (tertiary/aromatic N) is 3. The second kappa shape index (κ2) is 5.48. The summed E-state index contributed by atoms with van der Waals surface area (Å²) in [5, 5.41) is 0. The molecule has 0 spiro atoms. The second-order valence-corrected chi connectivity index (χ2v) is 5.15. The molecule has 116 valence electrons. The fourth-order valence-electron chi connectivity index (χ4n) is 1.70. The number of halogens is 7. The van der Waals surface area contributed by atoms with Gasteiger partial charge in [0.25, 0.3) is 0 Å². The standard InChI is InChI=1S/C11H8BrF6N3/c12-21-6-20(4-3-8(21)11(16,17)18)9-2-1-7(5-19-9)10(13,14)15/h1-5,8H,6H2. The van der Waals surface area contributed by atoms with Gasteiger partial charge < -0.3 is 4.90 Å². The van der Waals surface area contributed by atoms with E-state index < -0.39 is 24.0 Å². The zero-order valence-corrected chi connectivity index (χ0v) is 11.7. The summed E-state index contributed by atoms with van der Waals surface area (Å²) in [6.45, 7) is -0.209. The first kappa shape index (κ1) is 16.1. The van der Waals surface area contributed by atoms with E-state index in [1.54, 1.807) is 0 Å². The number of pyridine rings is 1. The van der Waals surface area contributed by atoms with Gasteiger partial charge in [0.15, 0.2) is 0 Å². The van der Waals surface area contributed by atoms with Crippen molar-refractivity contribution in [3.8, 4) is 0 Å². The molecule has 10 heteroatoms. The molecule has 0 bridgehead atoms. The highest BCUT2D eigenvalue weighted by Crippen LogP contribution is 2.33. The number of hydrogen-bond acceptors (Lipinski definition) is 3. The van der Waals surface area contributed by atoms with Crippen molar-refractivity contribution in [1.29, 1.82) is 0 Å². The van der Waals surface area contributed by atoms with Gasteiger partial charge in [-0.2, -0.15) is 26.3 Å². The van der Waals surface area contributed by atoms with Crippen LogP contribution in [0.5, 0.6) is 0 Å². The molecule has 0 aromatic carbocycles. The van der Waals surface area contributed by atoms with Crippen molar-refractivity contribution < 1.29 is 26.3 Å². The molecule has 2 rings (SSSR count). The Kier molecular flexibility index (Phi) is 4.20. The highest BCUT2D eigenvalue weighted by atomic mass is 79.9. The molecule has 0 saturated carbocycles. The highest BCUT2D eigenvalue weighted by molar-refractivity contribution is 9.07. The van der Waals surface area contributed by atoms with E-state index >= 15 is 0 Å². The van der Waals surface area contributed by atoms with Crippen LogP contribution in [0, 0.1) is 0 Å². The van der Waals surface area contributed by atoms with Crippen LogP contribution in [0.2, 0.25) is 0 Å². The third-order valence-corrected chi connectivity index (χ3v) is 3.41. The van der Waals surface area contributed by atoms with Gasteiger partial charge >= 0.3 is 12.4 Å². The lowest BCUT2D eigenvalue weighted by molar-refractivity contribution is -0.157. The zero-order chi connectivity index (χ0) is 15.8. The molecule has 1 aliphatic rings. The van der Waals surface area contributed by atoms with Crippen LogP contribution in [0.25, 0.3) is 0 Å². The first-order valence-corrected chi connectivity index (χ1v) is 6.27. The van der Waals surface area contributed by atoms with Gasteiger partial charge in [0.2, 0.25) is 0 Å². The topological polar surface area (TPSA) is 19.4 Å². The van der Waals surface area contributed by atoms with Gasteiger partial charge in [-0.1, -0.05) is 0 Å². The van der Waals surface area contributed by atoms with Gasteiger partial charge in [0.1, 0.15) is 11.9 Å². The number of hydrogen-bond donors (Lipinski definition) is 0. The molecule has 3 nitrogen and oxygen atoms in total. The van der Waals surface area contributed by atoms with E-state index in [0.29, 0.717) is 6.20 Å². The number of alkyl halides is 6. The quantitative estimate of drug-likeness (QED) is 0.547. The lowest BCUT2D eigenvalue weighted by atomic mass is 10.2. The zero-order valence-electron chi connectivity index (χ0n) is 10.2. The smallest absolute Gasteiger partial charge is 0.319 e. The van der Waals surface area contributed by atoms with E-state index in [9.17, 15) is 26.3 Å². The Labute approximate surface area is 124 Å². The summed E-state index contributed by atoms with van der Waals surface area (Å²) in [6.07, 6.45) is -6.29. The normalized spacial score (nSPS) is 20.9. The fraction of sp³-hybridized carbons (Fsp3) is 0.364. The molecule has 1 atom stereocenters. The summed E-state index contributed by atoms with van der Waals surface area (Å²) >= 11 is 2.79. The van der Waals surface area contributed by atoms with Crippen LogP contribution in [0.15, 0.2) is 30.6 Å². The van der Waals surface area contributed by atoms with E-state index in [-0.39, 0.29) is 12.5 Å². The molecule has 0 saturated heterocycles. The van der Waals surface area contributed by atoms with Crippen molar-refractivity contribution in [1.82, 2.24) is 8.91 Å². The Hall–Kier alpha value is -1.29. The Morgan fingerprint density at radius 1 is 1.14 bits per heavy atom. The van der Waals surface area contributed by atoms with E-state index in [4.69, 9.17) is 0 Å². The summed E-state index contributed by atoms with van der Waals surface area (Å²) in [4.78, 5) is 4.91. The summed E-state index contributed by atoms with van der Waals surface area (Å²) in [5.41, 5.74) is -0.920. The Balaban J connectivity index is 2.18. The van der Waals surface area contributed by atoms with Crippen LogP contribution in [0.1, 0.15) is 5.56 Å². The summed E-state index contributed by atoms with van der Waals surface area (Å²) < 4.78 is 75.9. The van der Waals surface area contributed by atoms with Crippen molar-refractivity contribution in [3.05, 3.63) is 36.2 Å². The van der Waals surface area contributed by atoms with E-state index in [1.807, 2.05) is 0 Å². The van der Waals surface area contributed by atoms with Crippen molar-refractivity contribution in [3.63, 3.8) is 0 Å². The summed E-state index contributed by atoms with van der Waals surface area (Å²) in [6, 6.07) is 0.121. The average Bonchev–Trinajstić information content (AvgIpc) is 2.36. The Bertz CT molecular complexity index is 524. The minimum Gasteiger partial charge on any atom is -0.319 e. The Morgan fingerprint density at radius 2 is 1.81 bits per heavy atom. The molecule has 2 heterocycles. The SMILES string of the molecule is FC(F)(F)c1ccc(N2C=CC(C(F)(F)F)N(Br)C2)nc1. The molecule has 0 amide bonds. The third kappa shape index (κ3) is 3.67. The van der Waals surface area contributed by atoms with Crippen LogP contribution in [-0.4, -0.2) is 27.8 Å². The maximum absolute atomic E-state index is 12.6. The molecule has 21 heavy (non-hydrogen) atoms. The van der Waals surface area contributed by atoms with Crippen LogP contribution in [0.3, 0.4) is 0 Å².